The Morgan fingerprint density at radius 3 is 2.62 bits per heavy atom. The molecule has 0 N–H and O–H groups in total. The Morgan fingerprint density at radius 1 is 1.24 bits per heavy atom. The molecule has 3 nitrogen and oxygen atoms in total. The van der Waals surface area contributed by atoms with Gasteiger partial charge in [-0.2, -0.15) is 0 Å². The topological polar surface area (TPSA) is 23.6 Å². The molecule has 1 aromatic carbocycles. The van der Waals surface area contributed by atoms with Crippen LogP contribution in [0.25, 0.3) is 0 Å². The molecule has 3 rings (SSSR count). The number of thiophene rings is 1. The van der Waals surface area contributed by atoms with Crippen molar-refractivity contribution >= 4 is 22.9 Å². The van der Waals surface area contributed by atoms with Crippen LogP contribution in [0.5, 0.6) is 0 Å². The first-order valence-corrected chi connectivity index (χ1v) is 8.16. The van der Waals surface area contributed by atoms with Crippen molar-refractivity contribution < 1.29 is 4.79 Å². The minimum absolute atomic E-state index is 0.149. The normalized spacial score (nSPS) is 18.0. The number of carbonyl (C=O) groups excluding carboxylic acids is 1. The molecule has 0 bridgehead atoms. The number of rotatable bonds is 3. The van der Waals surface area contributed by atoms with Gasteiger partial charge >= 0.3 is 0 Å². The van der Waals surface area contributed by atoms with Gasteiger partial charge in [-0.3, -0.25) is 4.79 Å². The molecule has 0 aliphatic carbocycles. The predicted octanol–water partition coefficient (Wildman–Crippen LogP) is 3.79. The number of hydrogen-bond donors (Lipinski definition) is 0. The molecule has 2 heterocycles. The van der Waals surface area contributed by atoms with E-state index in [2.05, 4.69) is 17.5 Å². The van der Waals surface area contributed by atoms with E-state index < -0.39 is 0 Å². The van der Waals surface area contributed by atoms with E-state index in [1.807, 2.05) is 48.2 Å². The zero-order valence-corrected chi connectivity index (χ0v) is 13.3. The third kappa shape index (κ3) is 2.81. The minimum Gasteiger partial charge on any atom is -0.378 e. The monoisotopic (exact) mass is 300 g/mol. The number of amides is 1. The molecule has 2 aromatic rings. The van der Waals surface area contributed by atoms with Gasteiger partial charge < -0.3 is 9.80 Å². The second-order valence-corrected chi connectivity index (χ2v) is 6.59. The van der Waals surface area contributed by atoms with Crippen LogP contribution in [-0.2, 0) is 0 Å². The first kappa shape index (κ1) is 14.1. The summed E-state index contributed by atoms with van der Waals surface area (Å²) in [5.41, 5.74) is 1.90. The number of likely N-dealkylation sites (tertiary alicyclic amines) is 1. The van der Waals surface area contributed by atoms with E-state index in [4.69, 9.17) is 0 Å². The van der Waals surface area contributed by atoms with Gasteiger partial charge in [0.2, 0.25) is 0 Å². The molecule has 110 valence electrons. The number of carbonyl (C=O) groups is 1. The maximum absolute atomic E-state index is 12.8. The smallest absolute Gasteiger partial charge is 0.254 e. The summed E-state index contributed by atoms with van der Waals surface area (Å²) in [6.07, 6.45) is 2.16. The van der Waals surface area contributed by atoms with Crippen LogP contribution in [0.3, 0.4) is 0 Å². The number of nitrogens with zero attached hydrogens (tertiary/aromatic N) is 2. The van der Waals surface area contributed by atoms with E-state index in [0.717, 1.165) is 30.6 Å². The molecule has 1 saturated heterocycles. The first-order valence-electron chi connectivity index (χ1n) is 7.28. The number of anilines is 1. The van der Waals surface area contributed by atoms with Crippen LogP contribution in [0.15, 0.2) is 41.8 Å². The summed E-state index contributed by atoms with van der Waals surface area (Å²) in [5.74, 6) is 0.149. The molecule has 4 heteroatoms. The lowest BCUT2D eigenvalue weighted by Crippen LogP contribution is -2.30. The summed E-state index contributed by atoms with van der Waals surface area (Å²) in [5, 5.41) is 2.09. The molecule has 1 unspecified atom stereocenters. The molecule has 1 aliphatic rings. The Hall–Kier alpha value is -1.81. The summed E-state index contributed by atoms with van der Waals surface area (Å²) in [6, 6.07) is 12.3. The van der Waals surface area contributed by atoms with E-state index in [9.17, 15) is 4.79 Å². The van der Waals surface area contributed by atoms with Crippen molar-refractivity contribution in [3.8, 4) is 0 Å². The van der Waals surface area contributed by atoms with E-state index >= 15 is 0 Å². The lowest BCUT2D eigenvalue weighted by molar-refractivity contribution is 0.0738. The molecule has 1 fully saturated rings. The molecule has 1 aromatic heterocycles. The molecule has 1 atom stereocenters. The zero-order chi connectivity index (χ0) is 14.8. The number of benzene rings is 1. The third-order valence-corrected chi connectivity index (χ3v) is 4.99. The highest BCUT2D eigenvalue weighted by Crippen LogP contribution is 2.35. The Morgan fingerprint density at radius 2 is 2.00 bits per heavy atom. The van der Waals surface area contributed by atoms with E-state index in [1.165, 1.54) is 4.88 Å². The summed E-state index contributed by atoms with van der Waals surface area (Å²) >= 11 is 1.74. The molecule has 0 spiro atoms. The van der Waals surface area contributed by atoms with Crippen molar-refractivity contribution in [3.63, 3.8) is 0 Å². The van der Waals surface area contributed by atoms with Crippen LogP contribution in [0.4, 0.5) is 5.69 Å². The lowest BCUT2D eigenvalue weighted by Gasteiger charge is -2.24. The van der Waals surface area contributed by atoms with Gasteiger partial charge in [-0.05, 0) is 48.6 Å². The third-order valence-electron chi connectivity index (χ3n) is 4.02. The van der Waals surface area contributed by atoms with Crippen molar-refractivity contribution in [2.24, 2.45) is 0 Å². The van der Waals surface area contributed by atoms with Crippen molar-refractivity contribution in [1.82, 2.24) is 4.90 Å². The maximum Gasteiger partial charge on any atom is 0.254 e. The van der Waals surface area contributed by atoms with Crippen LogP contribution in [0.2, 0.25) is 0 Å². The Kier molecular flexibility index (Phi) is 3.97. The van der Waals surface area contributed by atoms with Crippen LogP contribution in [-0.4, -0.2) is 31.4 Å². The summed E-state index contributed by atoms with van der Waals surface area (Å²) in [6.45, 7) is 0.858. The first-order chi connectivity index (χ1) is 10.2. The second kappa shape index (κ2) is 5.90. The standard InChI is InChI=1S/C17H20N2OS/c1-18(2)14-9-7-13(8-10-14)17(20)19-11-3-5-15(19)16-6-4-12-21-16/h4,6-10,12,15H,3,5,11H2,1-2H3. The van der Waals surface area contributed by atoms with E-state index in [-0.39, 0.29) is 11.9 Å². The molecular weight excluding hydrogens is 280 g/mol. The largest absolute Gasteiger partial charge is 0.378 e. The van der Waals surface area contributed by atoms with Gasteiger partial charge in [0.1, 0.15) is 0 Å². The molecule has 1 amide bonds. The zero-order valence-electron chi connectivity index (χ0n) is 12.5. The lowest BCUT2D eigenvalue weighted by atomic mass is 10.1. The van der Waals surface area contributed by atoms with Crippen molar-refractivity contribution in [2.75, 3.05) is 25.5 Å². The fraction of sp³-hybridized carbons (Fsp3) is 0.353. The highest BCUT2D eigenvalue weighted by molar-refractivity contribution is 7.10. The highest BCUT2D eigenvalue weighted by atomic mass is 32.1. The average molecular weight is 300 g/mol. The van der Waals surface area contributed by atoms with Crippen molar-refractivity contribution in [1.29, 1.82) is 0 Å². The fourth-order valence-electron chi connectivity index (χ4n) is 2.85. The quantitative estimate of drug-likeness (QED) is 0.861. The predicted molar refractivity (Wildman–Crippen MR) is 88.1 cm³/mol. The molecule has 21 heavy (non-hydrogen) atoms. The Balaban J connectivity index is 1.81. The maximum atomic E-state index is 12.8. The molecule has 0 radical (unpaired) electrons. The van der Waals surface area contributed by atoms with Crippen LogP contribution in [0.1, 0.15) is 34.1 Å². The highest BCUT2D eigenvalue weighted by Gasteiger charge is 2.31. The van der Waals surface area contributed by atoms with E-state index in [0.29, 0.717) is 0 Å². The Bertz CT molecular complexity index is 604. The van der Waals surface area contributed by atoms with Crippen LogP contribution >= 0.6 is 11.3 Å². The van der Waals surface area contributed by atoms with Crippen LogP contribution < -0.4 is 4.90 Å². The summed E-state index contributed by atoms with van der Waals surface area (Å²) in [4.78, 5) is 18.1. The van der Waals surface area contributed by atoms with Crippen LogP contribution in [0, 0.1) is 0 Å². The Labute approximate surface area is 129 Å². The molecule has 0 saturated carbocycles. The fourth-order valence-corrected chi connectivity index (χ4v) is 3.73. The second-order valence-electron chi connectivity index (χ2n) is 5.61. The SMILES string of the molecule is CN(C)c1ccc(C(=O)N2CCCC2c2cccs2)cc1. The molecule has 1 aliphatic heterocycles. The van der Waals surface area contributed by atoms with Gasteiger partial charge in [-0.25, -0.2) is 0 Å². The summed E-state index contributed by atoms with van der Waals surface area (Å²) in [7, 11) is 4.01. The van der Waals surface area contributed by atoms with Gasteiger partial charge in [-0.15, -0.1) is 11.3 Å². The minimum atomic E-state index is 0.149. The average Bonchev–Trinajstić information content (AvgIpc) is 3.17. The van der Waals surface area contributed by atoms with Crippen molar-refractivity contribution in [2.45, 2.75) is 18.9 Å². The molecular formula is C17H20N2OS. The van der Waals surface area contributed by atoms with Gasteiger partial charge in [0.25, 0.3) is 5.91 Å². The number of hydrogen-bond acceptors (Lipinski definition) is 3. The van der Waals surface area contributed by atoms with Crippen molar-refractivity contribution in [3.05, 3.63) is 52.2 Å². The van der Waals surface area contributed by atoms with E-state index in [1.54, 1.807) is 11.3 Å². The van der Waals surface area contributed by atoms with Gasteiger partial charge in [-0.1, -0.05) is 6.07 Å². The summed E-state index contributed by atoms with van der Waals surface area (Å²) < 4.78 is 0. The van der Waals surface area contributed by atoms with Gasteiger partial charge in [0, 0.05) is 36.8 Å². The van der Waals surface area contributed by atoms with Gasteiger partial charge in [0.15, 0.2) is 0 Å². The van der Waals surface area contributed by atoms with Gasteiger partial charge in [0.05, 0.1) is 6.04 Å².